The summed E-state index contributed by atoms with van der Waals surface area (Å²) in [5.41, 5.74) is 1.66. The minimum Gasteiger partial charge on any atom is -0.349 e. The summed E-state index contributed by atoms with van der Waals surface area (Å²) < 4.78 is 13.7. The molecule has 2 aromatic carbocycles. The van der Waals surface area contributed by atoms with Crippen LogP contribution < -0.4 is 10.6 Å². The lowest BCUT2D eigenvalue weighted by atomic mass is 9.99. The van der Waals surface area contributed by atoms with Crippen LogP contribution in [0.25, 0.3) is 0 Å². The van der Waals surface area contributed by atoms with Crippen molar-refractivity contribution in [1.29, 1.82) is 0 Å². The molecule has 1 fully saturated rings. The maximum Gasteiger partial charge on any atom is 0.225 e. The Morgan fingerprint density at radius 2 is 1.96 bits per heavy atom. The van der Waals surface area contributed by atoms with Gasteiger partial charge in [-0.1, -0.05) is 42.5 Å². The second-order valence-electron chi connectivity index (χ2n) is 6.73. The van der Waals surface area contributed by atoms with Crippen molar-refractivity contribution in [2.75, 3.05) is 19.6 Å². The molecule has 2 aromatic rings. The van der Waals surface area contributed by atoms with Crippen molar-refractivity contribution in [1.82, 2.24) is 15.5 Å². The zero-order chi connectivity index (χ0) is 19.2. The lowest BCUT2D eigenvalue weighted by Gasteiger charge is -2.37. The molecular formula is C21H25ClFN3O2. The fourth-order valence-corrected chi connectivity index (χ4v) is 3.49. The van der Waals surface area contributed by atoms with E-state index in [1.165, 1.54) is 19.1 Å². The van der Waals surface area contributed by atoms with Crippen LogP contribution in [0.4, 0.5) is 4.39 Å². The van der Waals surface area contributed by atoms with E-state index in [4.69, 9.17) is 0 Å². The number of piperazine rings is 1. The molecule has 0 aromatic heterocycles. The first kappa shape index (κ1) is 21.9. The van der Waals surface area contributed by atoms with Crippen molar-refractivity contribution < 1.29 is 14.0 Å². The smallest absolute Gasteiger partial charge is 0.225 e. The van der Waals surface area contributed by atoms with Crippen LogP contribution in [0.15, 0.2) is 54.6 Å². The molecule has 2 atom stereocenters. The highest BCUT2D eigenvalue weighted by Crippen LogP contribution is 2.26. The van der Waals surface area contributed by atoms with Crippen molar-refractivity contribution in [2.24, 2.45) is 0 Å². The molecule has 3 rings (SSSR count). The summed E-state index contributed by atoms with van der Waals surface area (Å²) in [5.74, 6) is -0.558. The van der Waals surface area contributed by atoms with E-state index in [2.05, 4.69) is 10.6 Å². The summed E-state index contributed by atoms with van der Waals surface area (Å²) in [7, 11) is 0. The number of hydrogen-bond acceptors (Lipinski definition) is 3. The molecule has 2 amide bonds. The second-order valence-corrected chi connectivity index (χ2v) is 6.73. The number of hydrogen-bond donors (Lipinski definition) is 2. The number of amides is 2. The molecule has 0 saturated carbocycles. The summed E-state index contributed by atoms with van der Waals surface area (Å²) in [5, 5.41) is 6.14. The molecule has 7 heteroatoms. The molecule has 150 valence electrons. The first-order valence-electron chi connectivity index (χ1n) is 9.12. The van der Waals surface area contributed by atoms with Gasteiger partial charge >= 0.3 is 0 Å². The summed E-state index contributed by atoms with van der Waals surface area (Å²) in [6, 6.07) is 15.2. The van der Waals surface area contributed by atoms with Crippen molar-refractivity contribution in [3.8, 4) is 0 Å². The number of halogens is 2. The molecular weight excluding hydrogens is 381 g/mol. The largest absolute Gasteiger partial charge is 0.349 e. The van der Waals surface area contributed by atoms with E-state index in [-0.39, 0.29) is 48.5 Å². The molecule has 0 radical (unpaired) electrons. The van der Waals surface area contributed by atoms with Gasteiger partial charge in [0, 0.05) is 26.6 Å². The van der Waals surface area contributed by atoms with Crippen LogP contribution in [-0.4, -0.2) is 36.3 Å². The summed E-state index contributed by atoms with van der Waals surface area (Å²) in [6.45, 7) is 3.25. The molecule has 2 unspecified atom stereocenters. The lowest BCUT2D eigenvalue weighted by Crippen LogP contribution is -2.49. The molecule has 1 aliphatic rings. The Balaban J connectivity index is 0.00000280. The molecule has 1 saturated heterocycles. The minimum atomic E-state index is -0.390. The van der Waals surface area contributed by atoms with Crippen molar-refractivity contribution >= 4 is 24.2 Å². The van der Waals surface area contributed by atoms with Gasteiger partial charge in [0.2, 0.25) is 11.8 Å². The first-order chi connectivity index (χ1) is 13.0. The van der Waals surface area contributed by atoms with Crippen LogP contribution in [0.5, 0.6) is 0 Å². The number of nitrogens with zero attached hydrogens (tertiary/aromatic N) is 1. The van der Waals surface area contributed by atoms with Gasteiger partial charge in [-0.05, 0) is 23.3 Å². The number of carbonyl (C=O) groups is 2. The maximum absolute atomic E-state index is 13.7. The Kier molecular flexibility index (Phi) is 7.96. The summed E-state index contributed by atoms with van der Waals surface area (Å²) in [4.78, 5) is 26.5. The van der Waals surface area contributed by atoms with Gasteiger partial charge < -0.3 is 15.5 Å². The van der Waals surface area contributed by atoms with E-state index < -0.39 is 0 Å². The molecule has 28 heavy (non-hydrogen) atoms. The third kappa shape index (κ3) is 5.53. The Hall–Kier alpha value is -2.44. The van der Waals surface area contributed by atoms with Crippen LogP contribution in [0.1, 0.15) is 36.6 Å². The predicted molar refractivity (Wildman–Crippen MR) is 109 cm³/mol. The minimum absolute atomic E-state index is 0. The van der Waals surface area contributed by atoms with Gasteiger partial charge in [-0.3, -0.25) is 9.59 Å². The van der Waals surface area contributed by atoms with Gasteiger partial charge in [0.1, 0.15) is 5.82 Å². The zero-order valence-corrected chi connectivity index (χ0v) is 16.5. The Labute approximate surface area is 170 Å². The molecule has 1 aliphatic heterocycles. The topological polar surface area (TPSA) is 61.4 Å². The quantitative estimate of drug-likeness (QED) is 0.803. The number of carbonyl (C=O) groups excluding carboxylic acids is 2. The van der Waals surface area contributed by atoms with E-state index in [9.17, 15) is 14.0 Å². The average molecular weight is 406 g/mol. The van der Waals surface area contributed by atoms with Crippen LogP contribution in [-0.2, 0) is 9.59 Å². The second kappa shape index (κ2) is 10.2. The van der Waals surface area contributed by atoms with E-state index in [0.29, 0.717) is 19.6 Å². The van der Waals surface area contributed by atoms with Gasteiger partial charge in [-0.15, -0.1) is 12.4 Å². The summed E-state index contributed by atoms with van der Waals surface area (Å²) in [6.07, 6.45) is 0.162. The molecule has 2 N–H and O–H groups in total. The van der Waals surface area contributed by atoms with Crippen molar-refractivity contribution in [3.63, 3.8) is 0 Å². The van der Waals surface area contributed by atoms with Gasteiger partial charge in [0.15, 0.2) is 0 Å². The van der Waals surface area contributed by atoms with Gasteiger partial charge in [-0.2, -0.15) is 0 Å². The van der Waals surface area contributed by atoms with Crippen LogP contribution >= 0.6 is 12.4 Å². The highest BCUT2D eigenvalue weighted by atomic mass is 35.5. The van der Waals surface area contributed by atoms with Gasteiger partial charge in [0.25, 0.3) is 0 Å². The maximum atomic E-state index is 13.7. The Morgan fingerprint density at radius 1 is 1.21 bits per heavy atom. The molecule has 0 spiro atoms. The number of nitrogens with one attached hydrogen (secondary N) is 2. The molecule has 0 bridgehead atoms. The average Bonchev–Trinajstić information content (AvgIpc) is 2.68. The van der Waals surface area contributed by atoms with Crippen molar-refractivity contribution in [2.45, 2.75) is 25.4 Å². The number of rotatable bonds is 5. The molecule has 5 nitrogen and oxygen atoms in total. The summed E-state index contributed by atoms with van der Waals surface area (Å²) >= 11 is 0. The van der Waals surface area contributed by atoms with E-state index in [1.54, 1.807) is 11.0 Å². The fraction of sp³-hybridized carbons (Fsp3) is 0.333. The third-order valence-corrected chi connectivity index (χ3v) is 4.76. The van der Waals surface area contributed by atoms with Crippen LogP contribution in [0.2, 0.25) is 0 Å². The van der Waals surface area contributed by atoms with Gasteiger partial charge in [0.05, 0.1) is 18.5 Å². The normalized spacial score (nSPS) is 17.4. The highest BCUT2D eigenvalue weighted by Gasteiger charge is 2.30. The standard InChI is InChI=1S/C21H24FN3O2.ClH/c1-15(26)24-19(16-6-3-2-4-7-16)13-21(27)25-11-10-23-14-20(25)17-8-5-9-18(22)12-17;/h2-9,12,19-20,23H,10-11,13-14H2,1H3,(H,24,26);1H. The zero-order valence-electron chi connectivity index (χ0n) is 15.7. The Morgan fingerprint density at radius 3 is 2.64 bits per heavy atom. The monoisotopic (exact) mass is 405 g/mol. The lowest BCUT2D eigenvalue weighted by molar-refractivity contribution is -0.135. The van der Waals surface area contributed by atoms with E-state index in [0.717, 1.165) is 11.1 Å². The van der Waals surface area contributed by atoms with E-state index in [1.807, 2.05) is 36.4 Å². The third-order valence-electron chi connectivity index (χ3n) is 4.76. The molecule has 0 aliphatic carbocycles. The van der Waals surface area contributed by atoms with Crippen LogP contribution in [0, 0.1) is 5.82 Å². The van der Waals surface area contributed by atoms with Crippen molar-refractivity contribution in [3.05, 3.63) is 71.5 Å². The van der Waals surface area contributed by atoms with Gasteiger partial charge in [-0.25, -0.2) is 4.39 Å². The Bertz CT molecular complexity index is 803. The SMILES string of the molecule is CC(=O)NC(CC(=O)N1CCNCC1c1cccc(F)c1)c1ccccc1.Cl. The van der Waals surface area contributed by atoms with Crippen LogP contribution in [0.3, 0.4) is 0 Å². The predicted octanol–water partition coefficient (Wildman–Crippen LogP) is 2.99. The first-order valence-corrected chi connectivity index (χ1v) is 9.12. The highest BCUT2D eigenvalue weighted by molar-refractivity contribution is 5.85. The number of benzene rings is 2. The molecule has 1 heterocycles. The fourth-order valence-electron chi connectivity index (χ4n) is 3.49. The van der Waals surface area contributed by atoms with E-state index >= 15 is 0 Å².